The Morgan fingerprint density at radius 1 is 1.10 bits per heavy atom. The highest BCUT2D eigenvalue weighted by Gasteiger charge is 2.05. The van der Waals surface area contributed by atoms with Crippen molar-refractivity contribution in [3.05, 3.63) is 62.1 Å². The Hall–Kier alpha value is -0.970. The average Bonchev–Trinajstić information content (AvgIpc) is 2.82. The number of fused-ring (bicyclic) bond motifs is 1. The molecule has 0 aliphatic carbocycles. The summed E-state index contributed by atoms with van der Waals surface area (Å²) in [5.74, 6) is 0. The van der Waals surface area contributed by atoms with E-state index < -0.39 is 0 Å². The number of halogens is 3. The van der Waals surface area contributed by atoms with Gasteiger partial charge in [-0.05, 0) is 51.8 Å². The minimum Gasteiger partial charge on any atom is -0.380 e. The van der Waals surface area contributed by atoms with E-state index in [-0.39, 0.29) is 0 Å². The van der Waals surface area contributed by atoms with Crippen LogP contribution in [0, 0.1) is 0 Å². The minimum absolute atomic E-state index is 0.744. The number of anilines is 1. The van der Waals surface area contributed by atoms with Crippen molar-refractivity contribution in [3.63, 3.8) is 0 Å². The van der Waals surface area contributed by atoms with Crippen LogP contribution >= 0.6 is 43.5 Å². The number of benzene rings is 2. The van der Waals surface area contributed by atoms with Crippen molar-refractivity contribution in [1.29, 1.82) is 0 Å². The van der Waals surface area contributed by atoms with Gasteiger partial charge in [0.25, 0.3) is 0 Å². The van der Waals surface area contributed by atoms with Crippen LogP contribution in [0.15, 0.2) is 51.5 Å². The topological polar surface area (TPSA) is 27.8 Å². The second-order valence-corrected chi connectivity index (χ2v) is 6.69. The third-order valence-corrected chi connectivity index (χ3v) is 4.55. The summed E-state index contributed by atoms with van der Waals surface area (Å²) in [6.07, 6.45) is 2.01. The molecule has 102 valence electrons. The third-order valence-electron chi connectivity index (χ3n) is 3.13. The zero-order valence-corrected chi connectivity index (χ0v) is 14.3. The smallest absolute Gasteiger partial charge is 0.0498 e. The minimum atomic E-state index is 0.744. The molecule has 1 heterocycles. The van der Waals surface area contributed by atoms with Crippen LogP contribution in [0.2, 0.25) is 5.02 Å². The Morgan fingerprint density at radius 3 is 2.80 bits per heavy atom. The first-order valence-corrected chi connectivity index (χ1v) is 8.04. The quantitative estimate of drug-likeness (QED) is 0.544. The number of rotatable bonds is 3. The lowest BCUT2D eigenvalue weighted by Gasteiger charge is -2.08. The van der Waals surface area contributed by atoms with Crippen LogP contribution in [-0.4, -0.2) is 4.98 Å². The highest BCUT2D eigenvalue weighted by Crippen LogP contribution is 2.28. The van der Waals surface area contributed by atoms with Crippen molar-refractivity contribution in [2.45, 2.75) is 6.54 Å². The van der Waals surface area contributed by atoms with Gasteiger partial charge in [-0.25, -0.2) is 0 Å². The molecule has 0 unspecified atom stereocenters. The van der Waals surface area contributed by atoms with Crippen LogP contribution in [0.25, 0.3) is 10.9 Å². The molecule has 0 fully saturated rings. The highest BCUT2D eigenvalue weighted by molar-refractivity contribution is 9.11. The number of aromatic nitrogens is 1. The first-order valence-electron chi connectivity index (χ1n) is 6.08. The summed E-state index contributed by atoms with van der Waals surface area (Å²) in [6, 6.07) is 12.0. The fraction of sp³-hybridized carbons (Fsp3) is 0.0667. The fourth-order valence-electron chi connectivity index (χ4n) is 2.13. The summed E-state index contributed by atoms with van der Waals surface area (Å²) < 4.78 is 2.09. The number of aromatic amines is 1. The van der Waals surface area contributed by atoms with Gasteiger partial charge in [-0.3, -0.25) is 0 Å². The zero-order chi connectivity index (χ0) is 14.1. The molecule has 2 N–H and O–H groups in total. The maximum absolute atomic E-state index is 5.99. The molecule has 0 saturated carbocycles. The van der Waals surface area contributed by atoms with Gasteiger partial charge in [-0.1, -0.05) is 33.6 Å². The van der Waals surface area contributed by atoms with Crippen molar-refractivity contribution < 1.29 is 0 Å². The maximum atomic E-state index is 5.99. The van der Waals surface area contributed by atoms with E-state index in [0.717, 1.165) is 31.7 Å². The van der Waals surface area contributed by atoms with Crippen LogP contribution in [0.3, 0.4) is 0 Å². The lowest BCUT2D eigenvalue weighted by Crippen LogP contribution is -1.99. The number of H-pyrrole nitrogens is 1. The molecule has 0 spiro atoms. The van der Waals surface area contributed by atoms with Gasteiger partial charge in [-0.2, -0.15) is 0 Å². The Kier molecular flexibility index (Phi) is 4.06. The zero-order valence-electron chi connectivity index (χ0n) is 10.4. The molecule has 0 bridgehead atoms. The monoisotopic (exact) mass is 412 g/mol. The molecule has 0 amide bonds. The van der Waals surface area contributed by atoms with E-state index in [0.29, 0.717) is 0 Å². The van der Waals surface area contributed by atoms with Crippen LogP contribution < -0.4 is 5.32 Å². The largest absolute Gasteiger partial charge is 0.380 e. The first kappa shape index (κ1) is 14.0. The van der Waals surface area contributed by atoms with Crippen LogP contribution in [0.5, 0.6) is 0 Å². The Balaban J connectivity index is 1.85. The van der Waals surface area contributed by atoms with E-state index in [4.69, 9.17) is 11.6 Å². The van der Waals surface area contributed by atoms with Crippen LogP contribution in [0.4, 0.5) is 5.69 Å². The summed E-state index contributed by atoms with van der Waals surface area (Å²) in [5, 5.41) is 5.37. The SMILES string of the molecule is Clc1ccc2c(CNc3cc(Br)ccc3Br)c[nH]c2c1. The van der Waals surface area contributed by atoms with Gasteiger partial charge in [0, 0.05) is 43.3 Å². The number of nitrogens with one attached hydrogen (secondary N) is 2. The molecule has 3 rings (SSSR count). The molecule has 20 heavy (non-hydrogen) atoms. The van der Waals surface area contributed by atoms with Gasteiger partial charge >= 0.3 is 0 Å². The molecule has 0 aliphatic rings. The number of hydrogen-bond acceptors (Lipinski definition) is 1. The molecule has 1 aromatic heterocycles. The molecule has 0 radical (unpaired) electrons. The fourth-order valence-corrected chi connectivity index (χ4v) is 3.05. The summed E-state index contributed by atoms with van der Waals surface area (Å²) in [4.78, 5) is 3.25. The molecular weight excluding hydrogens is 403 g/mol. The van der Waals surface area contributed by atoms with Crippen LogP contribution in [-0.2, 0) is 6.54 Å². The normalized spacial score (nSPS) is 10.9. The molecule has 5 heteroatoms. The summed E-state index contributed by atoms with van der Waals surface area (Å²) in [6.45, 7) is 0.747. The van der Waals surface area contributed by atoms with E-state index in [1.165, 1.54) is 10.9 Å². The summed E-state index contributed by atoms with van der Waals surface area (Å²) in [7, 11) is 0. The molecule has 3 aromatic rings. The molecular formula is C15H11Br2ClN2. The third kappa shape index (κ3) is 2.87. The highest BCUT2D eigenvalue weighted by atomic mass is 79.9. The van der Waals surface area contributed by atoms with Crippen molar-refractivity contribution in [3.8, 4) is 0 Å². The van der Waals surface area contributed by atoms with Crippen molar-refractivity contribution >= 4 is 60.1 Å². The molecule has 0 atom stereocenters. The van der Waals surface area contributed by atoms with E-state index in [2.05, 4.69) is 48.2 Å². The van der Waals surface area contributed by atoms with E-state index in [9.17, 15) is 0 Å². The van der Waals surface area contributed by atoms with E-state index in [1.807, 2.05) is 36.5 Å². The maximum Gasteiger partial charge on any atom is 0.0498 e. The summed E-state index contributed by atoms with van der Waals surface area (Å²) in [5.41, 5.74) is 3.33. The first-order chi connectivity index (χ1) is 9.63. The van der Waals surface area contributed by atoms with Gasteiger partial charge < -0.3 is 10.3 Å². The second kappa shape index (κ2) is 5.80. The predicted octanol–water partition coefficient (Wildman–Crippen LogP) is 5.96. The van der Waals surface area contributed by atoms with Crippen molar-refractivity contribution in [2.75, 3.05) is 5.32 Å². The van der Waals surface area contributed by atoms with Gasteiger partial charge in [0.15, 0.2) is 0 Å². The van der Waals surface area contributed by atoms with E-state index >= 15 is 0 Å². The standard InChI is InChI=1S/C15H11Br2ClN2/c16-10-1-4-13(17)15(5-10)20-8-9-7-19-14-6-11(18)2-3-12(9)14/h1-7,19-20H,8H2. The lowest BCUT2D eigenvalue weighted by atomic mass is 10.2. The van der Waals surface area contributed by atoms with Gasteiger partial charge in [0.1, 0.15) is 0 Å². The van der Waals surface area contributed by atoms with E-state index in [1.54, 1.807) is 0 Å². The van der Waals surface area contributed by atoms with Gasteiger partial charge in [0.2, 0.25) is 0 Å². The Bertz CT molecular complexity index is 768. The average molecular weight is 415 g/mol. The van der Waals surface area contributed by atoms with Gasteiger partial charge in [0.05, 0.1) is 0 Å². The van der Waals surface area contributed by atoms with Crippen molar-refractivity contribution in [1.82, 2.24) is 4.98 Å². The van der Waals surface area contributed by atoms with Crippen molar-refractivity contribution in [2.24, 2.45) is 0 Å². The lowest BCUT2D eigenvalue weighted by molar-refractivity contribution is 1.16. The molecule has 0 aliphatic heterocycles. The predicted molar refractivity (Wildman–Crippen MR) is 92.5 cm³/mol. The Morgan fingerprint density at radius 2 is 1.95 bits per heavy atom. The van der Waals surface area contributed by atoms with Gasteiger partial charge in [-0.15, -0.1) is 0 Å². The summed E-state index contributed by atoms with van der Waals surface area (Å²) >= 11 is 13.0. The second-order valence-electron chi connectivity index (χ2n) is 4.48. The molecule has 2 nitrogen and oxygen atoms in total. The Labute approximate surface area is 138 Å². The molecule has 0 saturated heterocycles. The number of hydrogen-bond donors (Lipinski definition) is 2. The molecule has 2 aromatic carbocycles. The van der Waals surface area contributed by atoms with Crippen LogP contribution in [0.1, 0.15) is 5.56 Å².